The van der Waals surface area contributed by atoms with Crippen molar-refractivity contribution in [2.75, 3.05) is 40.5 Å². The summed E-state index contributed by atoms with van der Waals surface area (Å²) in [6.45, 7) is 24.9. The average Bonchev–Trinajstić information content (AvgIpc) is 4.13. The van der Waals surface area contributed by atoms with Gasteiger partial charge in [-0.1, -0.05) is 103 Å². The second-order valence-electron chi connectivity index (χ2n) is 22.7. The van der Waals surface area contributed by atoms with E-state index >= 15 is 0 Å². The predicted octanol–water partition coefficient (Wildman–Crippen LogP) is 10.4. The van der Waals surface area contributed by atoms with Crippen LogP contribution in [0.1, 0.15) is 101 Å². The molecular weight excluding hydrogens is 955 g/mol. The van der Waals surface area contributed by atoms with Gasteiger partial charge in [-0.3, -0.25) is 14.4 Å². The van der Waals surface area contributed by atoms with Crippen molar-refractivity contribution in [1.29, 1.82) is 0 Å². The van der Waals surface area contributed by atoms with Crippen LogP contribution < -0.4 is 5.32 Å². The Labute approximate surface area is 436 Å². The van der Waals surface area contributed by atoms with E-state index in [-0.39, 0.29) is 48.1 Å². The maximum absolute atomic E-state index is 14.2. The Kier molecular flexibility index (Phi) is 19.9. The summed E-state index contributed by atoms with van der Waals surface area (Å²) in [5, 5.41) is 2.75. The van der Waals surface area contributed by atoms with E-state index in [1.54, 1.807) is 0 Å². The number of methoxy groups -OCH3 is 2. The number of hydrogen-bond donors (Lipinski definition) is 1. The molecule has 0 saturated carbocycles. The number of nitrogens with one attached hydrogen (secondary N) is 1. The summed E-state index contributed by atoms with van der Waals surface area (Å²) in [4.78, 5) is 66.9. The fourth-order valence-corrected chi connectivity index (χ4v) is 10.9. The summed E-state index contributed by atoms with van der Waals surface area (Å²) in [6.07, 6.45) is 7.50. The fraction of sp³-hybridized carbons (Fsp3) is 0.571. The van der Waals surface area contributed by atoms with E-state index in [1.807, 2.05) is 98.4 Å². The Morgan fingerprint density at radius 2 is 1.26 bits per heavy atom. The van der Waals surface area contributed by atoms with Crippen LogP contribution in [0, 0.1) is 29.6 Å². The van der Waals surface area contributed by atoms with Crippen molar-refractivity contribution in [3.63, 3.8) is 0 Å². The van der Waals surface area contributed by atoms with E-state index in [0.717, 1.165) is 89.5 Å². The number of ether oxygens (including phenoxy) is 4. The monoisotopic (exact) mass is 1040 g/mol. The number of rotatable bonds is 21. The van der Waals surface area contributed by atoms with E-state index in [2.05, 4.69) is 65.6 Å². The number of imidazole rings is 2. The van der Waals surface area contributed by atoms with Gasteiger partial charge in [0.2, 0.25) is 11.8 Å². The maximum atomic E-state index is 14.2. The Morgan fingerprint density at radius 3 is 1.84 bits per heavy atom. The van der Waals surface area contributed by atoms with Crippen LogP contribution >= 0.6 is 0 Å². The second-order valence-corrected chi connectivity index (χ2v) is 33.9. The summed E-state index contributed by atoms with van der Waals surface area (Å²) in [6, 6.07) is 17.0. The highest BCUT2D eigenvalue weighted by molar-refractivity contribution is 6.76. The highest BCUT2D eigenvalue weighted by atomic mass is 28.3. The fourth-order valence-electron chi connectivity index (χ4n) is 9.35. The minimum absolute atomic E-state index is 0.0345. The molecule has 2 aliphatic rings. The first-order valence-corrected chi connectivity index (χ1v) is 33.6. The van der Waals surface area contributed by atoms with Gasteiger partial charge in [0.05, 0.1) is 56.2 Å². The van der Waals surface area contributed by atoms with Gasteiger partial charge in [0.1, 0.15) is 31.2 Å². The molecule has 4 heterocycles. The zero-order chi connectivity index (χ0) is 53.0. The van der Waals surface area contributed by atoms with Gasteiger partial charge in [-0.15, -0.1) is 0 Å². The number of hydrogen-bond acceptors (Lipinski definition) is 10. The summed E-state index contributed by atoms with van der Waals surface area (Å²) in [5.41, 5.74) is 5.26. The molecule has 396 valence electrons. The highest BCUT2D eigenvalue weighted by Crippen LogP contribution is 2.37. The van der Waals surface area contributed by atoms with Gasteiger partial charge in [0.15, 0.2) is 0 Å². The second kappa shape index (κ2) is 25.6. The molecule has 3 amide bonds. The summed E-state index contributed by atoms with van der Waals surface area (Å²) in [5.74, 6) is 7.00. The molecule has 4 atom stereocenters. The molecule has 0 radical (unpaired) electrons. The smallest absolute Gasteiger partial charge is 0.407 e. The predicted molar refractivity (Wildman–Crippen MR) is 291 cm³/mol. The third kappa shape index (κ3) is 15.5. The maximum Gasteiger partial charge on any atom is 0.407 e. The molecule has 2 aliphatic heterocycles. The molecule has 0 spiro atoms. The van der Waals surface area contributed by atoms with Crippen LogP contribution in [-0.4, -0.2) is 115 Å². The molecule has 0 bridgehead atoms. The number of piperidine rings is 1. The topological polar surface area (TPSA) is 159 Å². The lowest BCUT2D eigenvalue weighted by Crippen LogP contribution is -2.51. The van der Waals surface area contributed by atoms with Crippen LogP contribution in [0.25, 0.3) is 22.5 Å². The van der Waals surface area contributed by atoms with Gasteiger partial charge in [-0.25, -0.2) is 14.8 Å². The number of esters is 1. The van der Waals surface area contributed by atoms with Gasteiger partial charge < -0.3 is 43.2 Å². The van der Waals surface area contributed by atoms with E-state index in [9.17, 15) is 19.2 Å². The zero-order valence-electron chi connectivity index (χ0n) is 45.6. The Hall–Kier alpha value is -5.55. The van der Waals surface area contributed by atoms with E-state index in [0.29, 0.717) is 39.8 Å². The van der Waals surface area contributed by atoms with Crippen molar-refractivity contribution in [1.82, 2.24) is 34.2 Å². The van der Waals surface area contributed by atoms with Gasteiger partial charge in [0, 0.05) is 65.3 Å². The summed E-state index contributed by atoms with van der Waals surface area (Å²) in [7, 11) is 0.00891. The van der Waals surface area contributed by atoms with E-state index in [1.165, 1.54) is 14.2 Å². The largest absolute Gasteiger partial charge is 0.469 e. The average molecular weight is 1040 g/mol. The molecule has 17 heteroatoms. The number of amides is 3. The molecule has 15 nitrogen and oxygen atoms in total. The third-order valence-electron chi connectivity index (χ3n) is 13.9. The van der Waals surface area contributed by atoms with Crippen molar-refractivity contribution in [2.24, 2.45) is 17.8 Å². The lowest BCUT2D eigenvalue weighted by Gasteiger charge is -2.38. The molecule has 6 rings (SSSR count). The molecule has 2 saturated heterocycles. The highest BCUT2D eigenvalue weighted by Gasteiger charge is 2.40. The van der Waals surface area contributed by atoms with Crippen LogP contribution in [0.15, 0.2) is 60.9 Å². The van der Waals surface area contributed by atoms with Crippen molar-refractivity contribution in [3.05, 3.63) is 83.7 Å². The normalized spacial score (nSPS) is 17.1. The molecule has 0 unspecified atom stereocenters. The molecule has 4 aromatic rings. The van der Waals surface area contributed by atoms with Gasteiger partial charge >= 0.3 is 12.1 Å². The molecule has 73 heavy (non-hydrogen) atoms. The van der Waals surface area contributed by atoms with Crippen LogP contribution in [0.4, 0.5) is 4.79 Å². The lowest BCUT2D eigenvalue weighted by molar-refractivity contribution is -0.150. The Morgan fingerprint density at radius 1 is 0.699 bits per heavy atom. The van der Waals surface area contributed by atoms with Crippen molar-refractivity contribution in [3.8, 4) is 34.4 Å². The van der Waals surface area contributed by atoms with Gasteiger partial charge in [-0.05, 0) is 85.9 Å². The molecule has 2 aromatic heterocycles. The standard InChI is InChI=1S/C56H81N7O8Si2/c1-39(2)45(34-50(64)68-5)54(65)61-28-14-13-16-48(61)53-58-46(36-60(53)37-70-30-32-72(7,8)9)43-24-20-41(21-25-43)18-19-42-22-26-44(27-23-42)49-35-57-52(63(49)38-71-31-33-73(10,11)12)47-17-15-29-62(47)55(66)51(40(3)4)59-56(67)69-6/h20-27,35-36,39-40,45,47-48,51H,13-17,28-34,37-38H2,1-12H3,(H,59,67)/t45-,47-,48-,51-/m0/s1. The Bertz CT molecular complexity index is 2550. The number of likely N-dealkylation sites (tertiary alicyclic amines) is 2. The van der Waals surface area contributed by atoms with Gasteiger partial charge in [-0.2, -0.15) is 0 Å². The van der Waals surface area contributed by atoms with Crippen LogP contribution in [0.2, 0.25) is 51.4 Å². The minimum atomic E-state index is -1.34. The number of carbonyl (C=O) groups is 4. The number of alkyl carbamates (subject to hydrolysis) is 1. The lowest BCUT2D eigenvalue weighted by atomic mass is 9.89. The number of carbonyl (C=O) groups excluding carboxylic acids is 4. The SMILES string of the molecule is COC(=O)C[C@H](C(=O)N1CCCC[C@H]1c1nc(-c2ccc(C#Cc3ccc(-c4cnc([C@@H]5CCCN5C(=O)[C@@H](NC(=O)OC)C(C)C)n4COCC[Si](C)(C)C)cc3)cc2)cn1COCC[Si](C)(C)C)C(C)C. The van der Waals surface area contributed by atoms with Crippen molar-refractivity contribution in [2.45, 2.75) is 149 Å². The number of nitrogens with zero attached hydrogens (tertiary/aromatic N) is 6. The summed E-state index contributed by atoms with van der Waals surface area (Å²) >= 11 is 0. The van der Waals surface area contributed by atoms with Crippen molar-refractivity contribution < 1.29 is 38.1 Å². The first kappa shape index (κ1) is 56.7. The molecule has 2 fully saturated rings. The molecular formula is C56H81N7O8Si2. The summed E-state index contributed by atoms with van der Waals surface area (Å²) < 4.78 is 26.6. The van der Waals surface area contributed by atoms with Crippen molar-refractivity contribution >= 4 is 40.0 Å². The molecule has 1 N–H and O–H groups in total. The minimum Gasteiger partial charge on any atom is -0.469 e. The van der Waals surface area contributed by atoms with Crippen LogP contribution in [-0.2, 0) is 46.8 Å². The quantitative estimate of drug-likeness (QED) is 0.0368. The van der Waals surface area contributed by atoms with E-state index < -0.39 is 34.2 Å². The van der Waals surface area contributed by atoms with E-state index in [4.69, 9.17) is 28.9 Å². The number of benzene rings is 2. The Balaban J connectivity index is 1.22. The first-order valence-electron chi connectivity index (χ1n) is 26.2. The number of aromatic nitrogens is 4. The van der Waals surface area contributed by atoms with Crippen LogP contribution in [0.5, 0.6) is 0 Å². The van der Waals surface area contributed by atoms with Crippen LogP contribution in [0.3, 0.4) is 0 Å². The molecule has 0 aliphatic carbocycles. The third-order valence-corrected chi connectivity index (χ3v) is 17.3. The molecule has 2 aromatic carbocycles. The van der Waals surface area contributed by atoms with Gasteiger partial charge in [0.25, 0.3) is 0 Å². The zero-order valence-corrected chi connectivity index (χ0v) is 47.6. The first-order chi connectivity index (χ1) is 34.7.